The van der Waals surface area contributed by atoms with Gasteiger partial charge in [0.1, 0.15) is 5.01 Å². The van der Waals surface area contributed by atoms with Gasteiger partial charge in [-0.3, -0.25) is 0 Å². The molecule has 1 heterocycles. The molecule has 0 aliphatic rings. The Balaban J connectivity index is 1.70. The first-order valence-corrected chi connectivity index (χ1v) is 9.05. The van der Waals surface area contributed by atoms with E-state index in [1.165, 1.54) is 10.3 Å². The van der Waals surface area contributed by atoms with Crippen LogP contribution in [0.3, 0.4) is 0 Å². The van der Waals surface area contributed by atoms with Crippen LogP contribution in [0.15, 0.2) is 54.7 Å². The van der Waals surface area contributed by atoms with E-state index < -0.39 is 0 Å². The van der Waals surface area contributed by atoms with E-state index in [1.807, 2.05) is 30.3 Å². The molecule has 3 rings (SSSR count). The van der Waals surface area contributed by atoms with E-state index in [-0.39, 0.29) is 6.03 Å². The number of aromatic nitrogens is 1. The quantitative estimate of drug-likeness (QED) is 0.646. The van der Waals surface area contributed by atoms with Gasteiger partial charge < -0.3 is 10.6 Å². The molecule has 0 fully saturated rings. The molecule has 0 aliphatic carbocycles. The number of thiazole rings is 1. The van der Waals surface area contributed by atoms with Crippen molar-refractivity contribution in [1.82, 2.24) is 10.3 Å². The van der Waals surface area contributed by atoms with Crippen molar-refractivity contribution >= 4 is 33.3 Å². The predicted molar refractivity (Wildman–Crippen MR) is 106 cm³/mol. The molecule has 5 heteroatoms. The molecule has 0 spiro atoms. The summed E-state index contributed by atoms with van der Waals surface area (Å²) < 4.78 is 1.19. The average Bonchev–Trinajstić information content (AvgIpc) is 2.98. The van der Waals surface area contributed by atoms with Gasteiger partial charge in [-0.25, -0.2) is 9.78 Å². The van der Waals surface area contributed by atoms with Crippen molar-refractivity contribution in [2.75, 3.05) is 5.32 Å². The molecule has 0 saturated carbocycles. The number of nitrogens with zero attached hydrogens (tertiary/aromatic N) is 1. The number of carbonyl (C=O) groups excluding carboxylic acids is 1. The molecule has 25 heavy (non-hydrogen) atoms. The van der Waals surface area contributed by atoms with Crippen LogP contribution >= 0.6 is 11.3 Å². The number of allylic oxidation sites excluding steroid dienone is 1. The maximum absolute atomic E-state index is 11.8. The highest BCUT2D eigenvalue weighted by Gasteiger charge is 2.07. The second kappa shape index (κ2) is 7.49. The number of anilines is 1. The van der Waals surface area contributed by atoms with Crippen molar-refractivity contribution in [3.63, 3.8) is 0 Å². The van der Waals surface area contributed by atoms with Crippen molar-refractivity contribution in [1.29, 1.82) is 0 Å². The summed E-state index contributed by atoms with van der Waals surface area (Å²) in [6.07, 6.45) is 3.59. The maximum atomic E-state index is 11.8. The number of aryl methyl sites for hydroxylation is 1. The summed E-state index contributed by atoms with van der Waals surface area (Å²) >= 11 is 1.68. The molecule has 0 aliphatic heterocycles. The third kappa shape index (κ3) is 4.45. The van der Waals surface area contributed by atoms with E-state index in [0.29, 0.717) is 5.92 Å². The Morgan fingerprint density at radius 2 is 1.92 bits per heavy atom. The zero-order valence-electron chi connectivity index (χ0n) is 14.5. The lowest BCUT2D eigenvalue weighted by atomic mass is 10.2. The lowest BCUT2D eigenvalue weighted by Crippen LogP contribution is -2.23. The van der Waals surface area contributed by atoms with Crippen molar-refractivity contribution in [3.05, 3.63) is 60.3 Å². The molecule has 2 amide bonds. The highest BCUT2D eigenvalue weighted by molar-refractivity contribution is 7.21. The summed E-state index contributed by atoms with van der Waals surface area (Å²) in [6.45, 7) is 6.19. The van der Waals surface area contributed by atoms with Crippen molar-refractivity contribution in [3.8, 4) is 10.6 Å². The Kier molecular flexibility index (Phi) is 5.14. The van der Waals surface area contributed by atoms with Crippen LogP contribution in [0.25, 0.3) is 20.8 Å². The van der Waals surface area contributed by atoms with Gasteiger partial charge in [-0.2, -0.15) is 0 Å². The van der Waals surface area contributed by atoms with Crippen LogP contribution in [0, 0.1) is 12.8 Å². The van der Waals surface area contributed by atoms with Crippen molar-refractivity contribution < 1.29 is 4.79 Å². The lowest BCUT2D eigenvalue weighted by Gasteiger charge is -2.05. The number of carbonyl (C=O) groups is 1. The summed E-state index contributed by atoms with van der Waals surface area (Å²) in [6, 6.07) is 13.8. The van der Waals surface area contributed by atoms with Gasteiger partial charge in [0.25, 0.3) is 0 Å². The monoisotopic (exact) mass is 351 g/mol. The number of hydrogen-bond donors (Lipinski definition) is 2. The van der Waals surface area contributed by atoms with Gasteiger partial charge in [0.05, 0.1) is 10.2 Å². The molecule has 0 unspecified atom stereocenters. The predicted octanol–water partition coefficient (Wildman–Crippen LogP) is 5.56. The van der Waals surface area contributed by atoms with Crippen LogP contribution in [0.5, 0.6) is 0 Å². The fourth-order valence-electron chi connectivity index (χ4n) is 2.33. The number of urea groups is 1. The Morgan fingerprint density at radius 3 is 2.64 bits per heavy atom. The van der Waals surface area contributed by atoms with Crippen LogP contribution in [-0.4, -0.2) is 11.0 Å². The van der Waals surface area contributed by atoms with Crippen molar-refractivity contribution in [2.45, 2.75) is 20.8 Å². The van der Waals surface area contributed by atoms with Crippen molar-refractivity contribution in [2.24, 2.45) is 5.92 Å². The molecule has 2 aromatic carbocycles. The Labute approximate surface area is 151 Å². The zero-order valence-corrected chi connectivity index (χ0v) is 15.4. The van der Waals surface area contributed by atoms with E-state index >= 15 is 0 Å². The largest absolute Gasteiger partial charge is 0.323 e. The minimum atomic E-state index is -0.250. The number of nitrogens with one attached hydrogen (secondary N) is 2. The van der Waals surface area contributed by atoms with E-state index in [2.05, 4.69) is 54.6 Å². The molecule has 3 aromatic rings. The first-order chi connectivity index (χ1) is 12.0. The molecular weight excluding hydrogens is 330 g/mol. The average molecular weight is 351 g/mol. The molecular formula is C20H21N3OS. The number of benzene rings is 2. The smallest absolute Gasteiger partial charge is 0.315 e. The molecule has 128 valence electrons. The lowest BCUT2D eigenvalue weighted by molar-refractivity contribution is 0.255. The molecule has 4 nitrogen and oxygen atoms in total. The van der Waals surface area contributed by atoms with Crippen LogP contribution in [0.2, 0.25) is 0 Å². The number of fused-ring (bicyclic) bond motifs is 1. The molecule has 2 N–H and O–H groups in total. The maximum Gasteiger partial charge on any atom is 0.323 e. The van der Waals surface area contributed by atoms with Gasteiger partial charge >= 0.3 is 6.03 Å². The summed E-state index contributed by atoms with van der Waals surface area (Å²) in [5.74, 6) is 0.400. The number of rotatable bonds is 4. The minimum Gasteiger partial charge on any atom is -0.315 e. The Bertz CT molecular complexity index is 910. The van der Waals surface area contributed by atoms with E-state index in [0.717, 1.165) is 21.8 Å². The number of amides is 2. The second-order valence-electron chi connectivity index (χ2n) is 6.27. The normalized spacial score (nSPS) is 11.4. The van der Waals surface area contributed by atoms with Gasteiger partial charge in [-0.15, -0.1) is 11.3 Å². The highest BCUT2D eigenvalue weighted by Crippen LogP contribution is 2.31. The third-order valence-electron chi connectivity index (χ3n) is 3.63. The van der Waals surface area contributed by atoms with Crippen LogP contribution in [-0.2, 0) is 0 Å². The van der Waals surface area contributed by atoms with Gasteiger partial charge in [0.2, 0.25) is 0 Å². The second-order valence-corrected chi connectivity index (χ2v) is 7.30. The van der Waals surface area contributed by atoms with Gasteiger partial charge in [0.15, 0.2) is 0 Å². The summed E-state index contributed by atoms with van der Waals surface area (Å²) in [5, 5.41) is 6.48. The van der Waals surface area contributed by atoms with E-state index in [4.69, 9.17) is 0 Å². The van der Waals surface area contributed by atoms with E-state index in [1.54, 1.807) is 17.5 Å². The van der Waals surface area contributed by atoms with Crippen LogP contribution in [0.4, 0.5) is 10.5 Å². The highest BCUT2D eigenvalue weighted by atomic mass is 32.1. The summed E-state index contributed by atoms with van der Waals surface area (Å²) in [7, 11) is 0. The first kappa shape index (κ1) is 17.2. The molecule has 0 saturated heterocycles. The fraction of sp³-hybridized carbons (Fsp3) is 0.200. The SMILES string of the molecule is Cc1ccc2nc(-c3ccc(NC(=O)N/C=C/C(C)C)cc3)sc2c1. The summed E-state index contributed by atoms with van der Waals surface area (Å²) in [5.41, 5.74) is 4.05. The standard InChI is InChI=1S/C20H21N3OS/c1-13(2)10-11-21-20(24)22-16-7-5-15(6-8-16)19-23-17-9-4-14(3)12-18(17)25-19/h4-13H,1-3H3,(H2,21,22,24)/b11-10+. The van der Waals surface area contributed by atoms with Gasteiger partial charge in [-0.05, 0) is 54.8 Å². The van der Waals surface area contributed by atoms with Gasteiger partial charge in [0, 0.05) is 17.5 Å². The molecule has 0 atom stereocenters. The Hall–Kier alpha value is -2.66. The summed E-state index contributed by atoms with van der Waals surface area (Å²) in [4.78, 5) is 16.5. The minimum absolute atomic E-state index is 0.250. The van der Waals surface area contributed by atoms with Crippen LogP contribution < -0.4 is 10.6 Å². The third-order valence-corrected chi connectivity index (χ3v) is 4.70. The Morgan fingerprint density at radius 1 is 1.16 bits per heavy atom. The first-order valence-electron chi connectivity index (χ1n) is 8.23. The molecule has 0 bridgehead atoms. The topological polar surface area (TPSA) is 54.0 Å². The number of hydrogen-bond acceptors (Lipinski definition) is 3. The van der Waals surface area contributed by atoms with E-state index in [9.17, 15) is 4.79 Å². The molecule has 0 radical (unpaired) electrons. The zero-order chi connectivity index (χ0) is 17.8. The van der Waals surface area contributed by atoms with Crippen LogP contribution in [0.1, 0.15) is 19.4 Å². The molecule has 1 aromatic heterocycles. The fourth-order valence-corrected chi connectivity index (χ4v) is 3.40. The van der Waals surface area contributed by atoms with Gasteiger partial charge in [-0.1, -0.05) is 26.0 Å².